The molecule has 0 saturated heterocycles. The van der Waals surface area contributed by atoms with E-state index in [1.165, 1.54) is 31.4 Å². The molecule has 0 spiro atoms. The molecule has 0 radical (unpaired) electrons. The number of hydrogen-bond donors (Lipinski definition) is 3. The highest BCUT2D eigenvalue weighted by molar-refractivity contribution is 6.16. The van der Waals surface area contributed by atoms with E-state index in [0.29, 0.717) is 52.2 Å². The van der Waals surface area contributed by atoms with Crippen molar-refractivity contribution < 1.29 is 28.3 Å². The number of carbonyl (C=O) groups excluding carboxylic acids is 3. The van der Waals surface area contributed by atoms with Gasteiger partial charge in [-0.25, -0.2) is 9.87 Å². The van der Waals surface area contributed by atoms with Crippen LogP contribution in [0.25, 0.3) is 10.9 Å². The van der Waals surface area contributed by atoms with Crippen LogP contribution in [0.1, 0.15) is 23.2 Å². The summed E-state index contributed by atoms with van der Waals surface area (Å²) in [6.07, 6.45) is 2.43. The van der Waals surface area contributed by atoms with Gasteiger partial charge >= 0.3 is 0 Å². The first-order valence-electron chi connectivity index (χ1n) is 11.8. The van der Waals surface area contributed by atoms with Gasteiger partial charge in [-0.2, -0.15) is 0 Å². The molecular formula is C28H23FN4O5. The number of nitrogens with one attached hydrogen (secondary N) is 3. The molecule has 4 aromatic rings. The maximum Gasteiger partial charge on any atom is 0.274 e. The molecule has 192 valence electrons. The molecule has 1 aliphatic rings. The number of rotatable bonds is 8. The Kier molecular flexibility index (Phi) is 6.71. The highest BCUT2D eigenvalue weighted by Crippen LogP contribution is 2.47. The largest absolute Gasteiger partial charge is 0.457 e. The summed E-state index contributed by atoms with van der Waals surface area (Å²) < 4.78 is 19.1. The molecule has 9 nitrogen and oxygen atoms in total. The van der Waals surface area contributed by atoms with E-state index in [4.69, 9.17) is 4.74 Å². The average Bonchev–Trinajstić information content (AvgIpc) is 3.74. The molecule has 3 N–H and O–H groups in total. The fourth-order valence-electron chi connectivity index (χ4n) is 3.95. The van der Waals surface area contributed by atoms with Crippen LogP contribution in [0.2, 0.25) is 0 Å². The molecule has 1 fully saturated rings. The van der Waals surface area contributed by atoms with Crippen LogP contribution in [-0.2, 0) is 14.4 Å². The standard InChI is InChI=1S/C28H23FN4O5/c1-37-33-25(34)17-2-11-22-23(16-17)30-15-12-24(22)38-21-9-7-20(8-10-21)32-27(36)28(13-14-28)26(35)31-19-5-3-18(29)4-6-19/h2-12,15-16H,13-14H2,1H3,(H,31,35)(H,32,36)(H,33,34). The van der Waals surface area contributed by atoms with E-state index in [-0.39, 0.29) is 5.91 Å². The summed E-state index contributed by atoms with van der Waals surface area (Å²) in [5.41, 5.74) is 3.02. The van der Waals surface area contributed by atoms with Gasteiger partial charge < -0.3 is 15.4 Å². The number of halogens is 1. The Balaban J connectivity index is 1.24. The fourth-order valence-corrected chi connectivity index (χ4v) is 3.95. The second-order valence-corrected chi connectivity index (χ2v) is 8.80. The van der Waals surface area contributed by atoms with Crippen molar-refractivity contribution >= 4 is 40.0 Å². The Bertz CT molecular complexity index is 1520. The van der Waals surface area contributed by atoms with Crippen molar-refractivity contribution in [2.45, 2.75) is 12.8 Å². The van der Waals surface area contributed by atoms with Gasteiger partial charge in [0, 0.05) is 28.5 Å². The second kappa shape index (κ2) is 10.3. The van der Waals surface area contributed by atoms with Crippen molar-refractivity contribution in [1.29, 1.82) is 0 Å². The van der Waals surface area contributed by atoms with Crippen molar-refractivity contribution in [1.82, 2.24) is 10.5 Å². The number of aromatic nitrogens is 1. The summed E-state index contributed by atoms with van der Waals surface area (Å²) in [6, 6.07) is 18.9. The predicted octanol–water partition coefficient (Wildman–Crippen LogP) is 4.81. The summed E-state index contributed by atoms with van der Waals surface area (Å²) in [7, 11) is 1.36. The van der Waals surface area contributed by atoms with Crippen LogP contribution in [-0.4, -0.2) is 29.8 Å². The smallest absolute Gasteiger partial charge is 0.274 e. The average molecular weight is 515 g/mol. The number of nitrogens with zero attached hydrogens (tertiary/aromatic N) is 1. The normalized spacial score (nSPS) is 13.4. The lowest BCUT2D eigenvalue weighted by Gasteiger charge is -2.16. The van der Waals surface area contributed by atoms with E-state index in [1.807, 2.05) is 0 Å². The number of amides is 3. The maximum atomic E-state index is 13.1. The van der Waals surface area contributed by atoms with Gasteiger partial charge in [0.2, 0.25) is 11.8 Å². The third kappa shape index (κ3) is 5.16. The first kappa shape index (κ1) is 24.8. The molecule has 10 heteroatoms. The molecule has 0 aliphatic heterocycles. The van der Waals surface area contributed by atoms with Crippen molar-refractivity contribution in [2.24, 2.45) is 5.41 Å². The highest BCUT2D eigenvalue weighted by Gasteiger charge is 2.56. The van der Waals surface area contributed by atoms with Gasteiger partial charge in [0.05, 0.1) is 12.6 Å². The maximum absolute atomic E-state index is 13.1. The van der Waals surface area contributed by atoms with Crippen LogP contribution in [0.3, 0.4) is 0 Å². The topological polar surface area (TPSA) is 119 Å². The number of fused-ring (bicyclic) bond motifs is 1. The zero-order valence-corrected chi connectivity index (χ0v) is 20.3. The van der Waals surface area contributed by atoms with Gasteiger partial charge in [0.25, 0.3) is 5.91 Å². The molecule has 38 heavy (non-hydrogen) atoms. The molecule has 1 heterocycles. The zero-order valence-electron chi connectivity index (χ0n) is 20.3. The van der Waals surface area contributed by atoms with Gasteiger partial charge in [-0.15, -0.1) is 0 Å². The lowest BCUT2D eigenvalue weighted by atomic mass is 10.0. The molecule has 3 aromatic carbocycles. The molecule has 5 rings (SSSR count). The van der Waals surface area contributed by atoms with Crippen LogP contribution >= 0.6 is 0 Å². The van der Waals surface area contributed by atoms with Gasteiger partial charge in [-0.05, 0) is 85.6 Å². The van der Waals surface area contributed by atoms with E-state index in [1.54, 1.807) is 54.7 Å². The first-order valence-corrected chi connectivity index (χ1v) is 11.8. The van der Waals surface area contributed by atoms with Gasteiger partial charge in [0.15, 0.2) is 0 Å². The molecule has 1 aromatic heterocycles. The fraction of sp³-hybridized carbons (Fsp3) is 0.143. The minimum atomic E-state index is -1.15. The molecule has 1 aliphatic carbocycles. The minimum Gasteiger partial charge on any atom is -0.457 e. The van der Waals surface area contributed by atoms with Crippen LogP contribution in [0.5, 0.6) is 11.5 Å². The lowest BCUT2D eigenvalue weighted by Crippen LogP contribution is -2.35. The van der Waals surface area contributed by atoms with Gasteiger partial charge in [-0.3, -0.25) is 24.2 Å². The number of hydroxylamine groups is 1. The minimum absolute atomic E-state index is 0.388. The number of hydrogen-bond acceptors (Lipinski definition) is 6. The molecule has 0 unspecified atom stereocenters. The number of benzene rings is 3. The molecular weight excluding hydrogens is 491 g/mol. The SMILES string of the molecule is CONC(=O)c1ccc2c(Oc3ccc(NC(=O)C4(C(=O)Nc5ccc(F)cc5)CC4)cc3)ccnc2c1. The second-order valence-electron chi connectivity index (χ2n) is 8.80. The van der Waals surface area contributed by atoms with Crippen LogP contribution in [0.4, 0.5) is 15.8 Å². The van der Waals surface area contributed by atoms with E-state index in [0.717, 1.165) is 0 Å². The summed E-state index contributed by atoms with van der Waals surface area (Å²) in [4.78, 5) is 46.6. The Morgan fingerprint density at radius 2 is 1.50 bits per heavy atom. The predicted molar refractivity (Wildman–Crippen MR) is 138 cm³/mol. The van der Waals surface area contributed by atoms with Crippen molar-refractivity contribution in [3.05, 3.63) is 90.4 Å². The third-order valence-corrected chi connectivity index (χ3v) is 6.22. The monoisotopic (exact) mass is 514 g/mol. The van der Waals surface area contributed by atoms with Crippen LogP contribution in [0.15, 0.2) is 79.0 Å². The molecule has 1 saturated carbocycles. The molecule has 0 bridgehead atoms. The lowest BCUT2D eigenvalue weighted by molar-refractivity contribution is -0.131. The highest BCUT2D eigenvalue weighted by atomic mass is 19.1. The van der Waals surface area contributed by atoms with Gasteiger partial charge in [-0.1, -0.05) is 0 Å². The number of ether oxygens (including phenoxy) is 1. The summed E-state index contributed by atoms with van der Waals surface area (Å²) >= 11 is 0. The van der Waals surface area contributed by atoms with Crippen LogP contribution in [0, 0.1) is 11.2 Å². The Labute approximate surface area is 216 Å². The number of anilines is 2. The Hall–Kier alpha value is -4.83. The summed E-state index contributed by atoms with van der Waals surface area (Å²) in [5, 5.41) is 6.19. The number of carbonyl (C=O) groups is 3. The van der Waals surface area contributed by atoms with Crippen molar-refractivity contribution in [2.75, 3.05) is 17.7 Å². The van der Waals surface area contributed by atoms with Crippen LogP contribution < -0.4 is 20.9 Å². The zero-order chi connectivity index (χ0) is 26.7. The Morgan fingerprint density at radius 1 is 0.868 bits per heavy atom. The summed E-state index contributed by atoms with van der Waals surface area (Å²) in [6.45, 7) is 0. The van der Waals surface area contributed by atoms with E-state index < -0.39 is 23.0 Å². The first-order chi connectivity index (χ1) is 18.4. The van der Waals surface area contributed by atoms with E-state index in [9.17, 15) is 18.8 Å². The number of pyridine rings is 1. The van der Waals surface area contributed by atoms with Crippen molar-refractivity contribution in [3.63, 3.8) is 0 Å². The van der Waals surface area contributed by atoms with E-state index in [2.05, 4.69) is 25.9 Å². The third-order valence-electron chi connectivity index (χ3n) is 6.22. The van der Waals surface area contributed by atoms with E-state index >= 15 is 0 Å². The summed E-state index contributed by atoms with van der Waals surface area (Å²) in [5.74, 6) is -0.561. The molecule has 3 amide bonds. The molecule has 0 atom stereocenters. The van der Waals surface area contributed by atoms with Crippen molar-refractivity contribution in [3.8, 4) is 11.5 Å². The quantitative estimate of drug-likeness (QED) is 0.229. The Morgan fingerprint density at radius 3 is 2.11 bits per heavy atom. The van der Waals surface area contributed by atoms with Gasteiger partial charge in [0.1, 0.15) is 22.7 Å².